The Morgan fingerprint density at radius 1 is 1.31 bits per heavy atom. The first-order chi connectivity index (χ1) is 6.36. The Kier molecular flexibility index (Phi) is 2.25. The minimum atomic E-state index is -0.0554. The fourth-order valence-electron chi connectivity index (χ4n) is 1.52. The molecule has 1 N–H and O–H groups in total. The van der Waals surface area contributed by atoms with E-state index >= 15 is 0 Å². The van der Waals surface area contributed by atoms with Crippen LogP contribution in [0.2, 0.25) is 0 Å². The van der Waals surface area contributed by atoms with Crippen molar-refractivity contribution >= 4 is 5.71 Å². The summed E-state index contributed by atoms with van der Waals surface area (Å²) in [6.07, 6.45) is 5.17. The monoisotopic (exact) mass is 176 g/mol. The van der Waals surface area contributed by atoms with E-state index in [0.29, 0.717) is 0 Å². The lowest BCUT2D eigenvalue weighted by Crippen LogP contribution is -2.11. The van der Waals surface area contributed by atoms with Crippen molar-refractivity contribution in [1.29, 1.82) is 0 Å². The number of aromatic nitrogens is 1. The van der Waals surface area contributed by atoms with Gasteiger partial charge in [-0.2, -0.15) is 0 Å². The molecule has 2 heterocycles. The van der Waals surface area contributed by atoms with Gasteiger partial charge in [0.1, 0.15) is 0 Å². The Morgan fingerprint density at radius 3 is 2.85 bits per heavy atom. The number of hydrogen-bond donors (Lipinski definition) is 1. The third-order valence-electron chi connectivity index (χ3n) is 2.24. The Balaban J connectivity index is 2.29. The van der Waals surface area contributed by atoms with Crippen LogP contribution < -0.4 is 5.56 Å². The normalized spacial score (nSPS) is 16.8. The van der Waals surface area contributed by atoms with E-state index in [1.54, 1.807) is 12.3 Å². The van der Waals surface area contributed by atoms with Crippen LogP contribution in [0.3, 0.4) is 0 Å². The van der Waals surface area contributed by atoms with Gasteiger partial charge in [-0.25, -0.2) is 0 Å². The molecule has 3 heteroatoms. The highest BCUT2D eigenvalue weighted by molar-refractivity contribution is 6.00. The van der Waals surface area contributed by atoms with Crippen molar-refractivity contribution in [1.82, 2.24) is 4.98 Å². The lowest BCUT2D eigenvalue weighted by molar-refractivity contribution is 0.738. The summed E-state index contributed by atoms with van der Waals surface area (Å²) in [6, 6.07) is 3.38. The molecule has 0 fully saturated rings. The van der Waals surface area contributed by atoms with E-state index in [1.807, 2.05) is 6.07 Å². The smallest absolute Gasteiger partial charge is 0.247 e. The maximum absolute atomic E-state index is 10.8. The molecule has 68 valence electrons. The van der Waals surface area contributed by atoms with Crippen molar-refractivity contribution in [3.63, 3.8) is 0 Å². The third kappa shape index (κ3) is 1.86. The predicted octanol–water partition coefficient (Wildman–Crippen LogP) is 1.35. The van der Waals surface area contributed by atoms with Gasteiger partial charge in [0.2, 0.25) is 5.56 Å². The Hall–Kier alpha value is -1.38. The molecule has 0 unspecified atom stereocenters. The highest BCUT2D eigenvalue weighted by Gasteiger charge is 2.06. The lowest BCUT2D eigenvalue weighted by Gasteiger charge is -2.10. The van der Waals surface area contributed by atoms with Crippen LogP contribution in [0.1, 0.15) is 24.8 Å². The number of hydrogen-bond acceptors (Lipinski definition) is 2. The number of aromatic amines is 1. The molecule has 1 aromatic heterocycles. The zero-order valence-corrected chi connectivity index (χ0v) is 7.42. The minimum absolute atomic E-state index is 0.0554. The van der Waals surface area contributed by atoms with Gasteiger partial charge in [0.15, 0.2) is 0 Å². The van der Waals surface area contributed by atoms with Crippen LogP contribution in [0.25, 0.3) is 0 Å². The summed E-state index contributed by atoms with van der Waals surface area (Å²) in [4.78, 5) is 17.9. The van der Waals surface area contributed by atoms with Crippen molar-refractivity contribution in [2.24, 2.45) is 4.99 Å². The summed E-state index contributed by atoms with van der Waals surface area (Å²) in [5.41, 5.74) is 2.13. The van der Waals surface area contributed by atoms with E-state index in [1.165, 1.54) is 12.8 Å². The van der Waals surface area contributed by atoms with Gasteiger partial charge in [-0.05, 0) is 25.3 Å². The summed E-state index contributed by atoms with van der Waals surface area (Å²) < 4.78 is 0. The third-order valence-corrected chi connectivity index (χ3v) is 2.24. The van der Waals surface area contributed by atoms with Gasteiger partial charge in [-0.15, -0.1) is 0 Å². The fourth-order valence-corrected chi connectivity index (χ4v) is 1.52. The minimum Gasteiger partial charge on any atom is -0.328 e. The number of nitrogens with one attached hydrogen (secondary N) is 1. The second-order valence-electron chi connectivity index (χ2n) is 3.23. The van der Waals surface area contributed by atoms with Gasteiger partial charge in [0.25, 0.3) is 0 Å². The second-order valence-corrected chi connectivity index (χ2v) is 3.23. The molecule has 3 nitrogen and oxygen atoms in total. The average Bonchev–Trinajstić information content (AvgIpc) is 2.20. The molecule has 0 aliphatic carbocycles. The van der Waals surface area contributed by atoms with Crippen LogP contribution in [0.15, 0.2) is 28.1 Å². The highest BCUT2D eigenvalue weighted by Crippen LogP contribution is 2.11. The van der Waals surface area contributed by atoms with E-state index in [-0.39, 0.29) is 5.56 Å². The summed E-state index contributed by atoms with van der Waals surface area (Å²) in [7, 11) is 0. The fraction of sp³-hybridized carbons (Fsp3) is 0.400. The number of nitrogens with zero attached hydrogens (tertiary/aromatic N) is 1. The standard InChI is InChI=1S/C10H12N2O/c13-10-5-4-8(7-12-10)9-3-1-2-6-11-9/h4-5,7H,1-3,6H2,(H,12,13). The number of rotatable bonds is 1. The van der Waals surface area contributed by atoms with Gasteiger partial charge in [-0.1, -0.05) is 0 Å². The molecule has 13 heavy (non-hydrogen) atoms. The number of H-pyrrole nitrogens is 1. The van der Waals surface area contributed by atoms with E-state index in [2.05, 4.69) is 9.98 Å². The molecule has 0 amide bonds. The number of aliphatic imine (C=N–C) groups is 1. The van der Waals surface area contributed by atoms with Crippen molar-refractivity contribution in [2.45, 2.75) is 19.3 Å². The highest BCUT2D eigenvalue weighted by atomic mass is 16.1. The van der Waals surface area contributed by atoms with Gasteiger partial charge in [0, 0.05) is 30.1 Å². The van der Waals surface area contributed by atoms with Gasteiger partial charge in [0.05, 0.1) is 0 Å². The molecular formula is C10H12N2O. The Bertz CT molecular complexity index is 358. The quantitative estimate of drug-likeness (QED) is 0.689. The molecule has 0 radical (unpaired) electrons. The maximum atomic E-state index is 10.8. The first kappa shape index (κ1) is 8.23. The maximum Gasteiger partial charge on any atom is 0.247 e. The van der Waals surface area contributed by atoms with Crippen LogP contribution in [-0.4, -0.2) is 17.2 Å². The first-order valence-electron chi connectivity index (χ1n) is 4.59. The van der Waals surface area contributed by atoms with Crippen LogP contribution in [0, 0.1) is 0 Å². The second kappa shape index (κ2) is 3.56. The van der Waals surface area contributed by atoms with E-state index < -0.39 is 0 Å². The zero-order chi connectivity index (χ0) is 9.10. The predicted molar refractivity (Wildman–Crippen MR) is 52.3 cm³/mol. The van der Waals surface area contributed by atoms with Gasteiger partial charge < -0.3 is 4.98 Å². The van der Waals surface area contributed by atoms with Crippen molar-refractivity contribution in [3.05, 3.63) is 34.2 Å². The van der Waals surface area contributed by atoms with Crippen LogP contribution in [0.5, 0.6) is 0 Å². The topological polar surface area (TPSA) is 45.2 Å². The van der Waals surface area contributed by atoms with Crippen LogP contribution in [-0.2, 0) is 0 Å². The van der Waals surface area contributed by atoms with Gasteiger partial charge >= 0.3 is 0 Å². The molecule has 0 bridgehead atoms. The van der Waals surface area contributed by atoms with Crippen LogP contribution >= 0.6 is 0 Å². The Morgan fingerprint density at radius 2 is 2.23 bits per heavy atom. The molecule has 0 saturated heterocycles. The van der Waals surface area contributed by atoms with E-state index in [4.69, 9.17) is 0 Å². The molecule has 0 saturated carbocycles. The summed E-state index contributed by atoms with van der Waals surface area (Å²) in [6.45, 7) is 0.925. The number of pyridine rings is 1. The molecule has 0 spiro atoms. The molecule has 0 atom stereocenters. The Labute approximate surface area is 76.5 Å². The molecular weight excluding hydrogens is 164 g/mol. The lowest BCUT2D eigenvalue weighted by atomic mass is 10.0. The molecule has 1 aliphatic heterocycles. The molecule has 2 rings (SSSR count). The summed E-state index contributed by atoms with van der Waals surface area (Å²) >= 11 is 0. The summed E-state index contributed by atoms with van der Waals surface area (Å²) in [5.74, 6) is 0. The van der Waals surface area contributed by atoms with Crippen molar-refractivity contribution in [3.8, 4) is 0 Å². The first-order valence-corrected chi connectivity index (χ1v) is 4.59. The SMILES string of the molecule is O=c1ccc(C2=NCCCC2)c[nH]1. The molecule has 1 aromatic rings. The van der Waals surface area contributed by atoms with E-state index in [0.717, 1.165) is 24.2 Å². The van der Waals surface area contributed by atoms with E-state index in [9.17, 15) is 4.79 Å². The average molecular weight is 176 g/mol. The van der Waals surface area contributed by atoms with Gasteiger partial charge in [-0.3, -0.25) is 9.79 Å². The molecule has 1 aliphatic rings. The van der Waals surface area contributed by atoms with Crippen molar-refractivity contribution < 1.29 is 0 Å². The zero-order valence-electron chi connectivity index (χ0n) is 7.42. The van der Waals surface area contributed by atoms with Crippen LogP contribution in [0.4, 0.5) is 0 Å². The van der Waals surface area contributed by atoms with Crippen molar-refractivity contribution in [2.75, 3.05) is 6.54 Å². The largest absolute Gasteiger partial charge is 0.328 e. The summed E-state index contributed by atoms with van der Waals surface area (Å²) in [5, 5.41) is 0. The molecule has 0 aromatic carbocycles.